The maximum absolute atomic E-state index is 13.1. The largest absolute Gasteiger partial charge is 0.350 e. The molecule has 4 nitrogen and oxygen atoms in total. The second-order valence-electron chi connectivity index (χ2n) is 8.15. The van der Waals surface area contributed by atoms with Gasteiger partial charge in [0.2, 0.25) is 11.8 Å². The van der Waals surface area contributed by atoms with Crippen LogP contribution in [0.15, 0.2) is 48.5 Å². The Balaban J connectivity index is 2.18. The molecule has 2 amide bonds. The molecular weight excluding hydrogens is 407 g/mol. The van der Waals surface area contributed by atoms with Crippen molar-refractivity contribution in [2.24, 2.45) is 0 Å². The molecule has 0 spiro atoms. The summed E-state index contributed by atoms with van der Waals surface area (Å²) in [6.07, 6.45) is 0.785. The number of rotatable bonds is 7. The van der Waals surface area contributed by atoms with Gasteiger partial charge in [-0.3, -0.25) is 9.59 Å². The quantitative estimate of drug-likeness (QED) is 0.645. The second kappa shape index (κ2) is 10.1. The first-order chi connectivity index (χ1) is 13.6. The summed E-state index contributed by atoms with van der Waals surface area (Å²) in [5, 5.41) is 4.23. The lowest BCUT2D eigenvalue weighted by molar-refractivity contribution is -0.141. The molecule has 2 rings (SSSR count). The van der Waals surface area contributed by atoms with E-state index in [4.69, 9.17) is 23.2 Å². The lowest BCUT2D eigenvalue weighted by Gasteiger charge is -2.31. The minimum absolute atomic E-state index is 0.101. The third-order valence-corrected chi connectivity index (χ3v) is 5.12. The van der Waals surface area contributed by atoms with Gasteiger partial charge in [-0.15, -0.1) is 0 Å². The number of carbonyl (C=O) groups is 2. The summed E-state index contributed by atoms with van der Waals surface area (Å²) in [5.74, 6) is -0.283. The molecule has 0 aliphatic heterocycles. The van der Waals surface area contributed by atoms with Crippen molar-refractivity contribution in [2.45, 2.75) is 58.7 Å². The van der Waals surface area contributed by atoms with E-state index in [0.29, 0.717) is 23.0 Å². The van der Waals surface area contributed by atoms with Gasteiger partial charge in [-0.1, -0.05) is 53.5 Å². The van der Waals surface area contributed by atoms with Crippen LogP contribution in [0.5, 0.6) is 0 Å². The van der Waals surface area contributed by atoms with Gasteiger partial charge in [0.05, 0.1) is 0 Å². The summed E-state index contributed by atoms with van der Waals surface area (Å²) in [6.45, 7) is 7.84. The highest BCUT2D eigenvalue weighted by Crippen LogP contribution is 2.19. The fraction of sp³-hybridized carbons (Fsp3) is 0.391. The Labute approximate surface area is 183 Å². The molecule has 0 heterocycles. The molecule has 29 heavy (non-hydrogen) atoms. The third-order valence-electron chi connectivity index (χ3n) is 4.50. The van der Waals surface area contributed by atoms with Crippen LogP contribution in [0.4, 0.5) is 0 Å². The van der Waals surface area contributed by atoms with E-state index in [2.05, 4.69) is 5.32 Å². The molecule has 0 bridgehead atoms. The molecule has 2 aromatic rings. The van der Waals surface area contributed by atoms with Crippen molar-refractivity contribution >= 4 is 35.0 Å². The van der Waals surface area contributed by atoms with Crippen LogP contribution in [0.25, 0.3) is 0 Å². The van der Waals surface area contributed by atoms with Crippen molar-refractivity contribution in [1.29, 1.82) is 0 Å². The minimum Gasteiger partial charge on any atom is -0.350 e. The van der Waals surface area contributed by atoms with E-state index in [-0.39, 0.29) is 23.8 Å². The Morgan fingerprint density at radius 1 is 1.03 bits per heavy atom. The van der Waals surface area contributed by atoms with Crippen molar-refractivity contribution in [1.82, 2.24) is 10.2 Å². The zero-order valence-corrected chi connectivity index (χ0v) is 18.8. The number of amides is 2. The summed E-state index contributed by atoms with van der Waals surface area (Å²) < 4.78 is 0. The SMILES string of the molecule is CC(C(=O)NC(C)(C)C)N(Cc1ccc(Cl)cc1)C(=O)CCc1ccccc1Cl. The number of hydrogen-bond acceptors (Lipinski definition) is 2. The summed E-state index contributed by atoms with van der Waals surface area (Å²) in [6, 6.07) is 14.2. The summed E-state index contributed by atoms with van der Waals surface area (Å²) in [5.41, 5.74) is 1.45. The van der Waals surface area contributed by atoms with Crippen LogP contribution in [-0.2, 0) is 22.6 Å². The number of benzene rings is 2. The molecule has 1 atom stereocenters. The fourth-order valence-electron chi connectivity index (χ4n) is 2.93. The summed E-state index contributed by atoms with van der Waals surface area (Å²) >= 11 is 12.2. The minimum atomic E-state index is -0.608. The Hall–Kier alpha value is -2.04. The second-order valence-corrected chi connectivity index (χ2v) is 9.00. The summed E-state index contributed by atoms with van der Waals surface area (Å²) in [4.78, 5) is 27.4. The monoisotopic (exact) mass is 434 g/mol. The normalized spacial score (nSPS) is 12.3. The maximum atomic E-state index is 13.1. The number of hydrogen-bond donors (Lipinski definition) is 1. The molecule has 0 aliphatic carbocycles. The fourth-order valence-corrected chi connectivity index (χ4v) is 3.29. The molecule has 0 fully saturated rings. The Morgan fingerprint density at radius 2 is 1.66 bits per heavy atom. The average Bonchev–Trinajstić information content (AvgIpc) is 2.64. The molecule has 0 radical (unpaired) electrons. The van der Waals surface area contributed by atoms with Crippen molar-refractivity contribution in [3.63, 3.8) is 0 Å². The maximum Gasteiger partial charge on any atom is 0.242 e. The zero-order chi connectivity index (χ0) is 21.6. The van der Waals surface area contributed by atoms with Gasteiger partial charge in [-0.2, -0.15) is 0 Å². The number of halogens is 2. The van der Waals surface area contributed by atoms with Crippen LogP contribution in [0, 0.1) is 0 Å². The Bertz CT molecular complexity index is 845. The van der Waals surface area contributed by atoms with Gasteiger partial charge in [0.25, 0.3) is 0 Å². The molecule has 1 unspecified atom stereocenters. The van der Waals surface area contributed by atoms with Crippen LogP contribution >= 0.6 is 23.2 Å². The van der Waals surface area contributed by atoms with Crippen molar-refractivity contribution in [3.05, 3.63) is 69.7 Å². The van der Waals surface area contributed by atoms with Crippen molar-refractivity contribution in [2.75, 3.05) is 0 Å². The Morgan fingerprint density at radius 3 is 2.24 bits per heavy atom. The molecule has 156 valence electrons. The zero-order valence-electron chi connectivity index (χ0n) is 17.3. The molecule has 0 saturated carbocycles. The van der Waals surface area contributed by atoms with Crippen molar-refractivity contribution in [3.8, 4) is 0 Å². The van der Waals surface area contributed by atoms with Crippen LogP contribution in [-0.4, -0.2) is 28.3 Å². The van der Waals surface area contributed by atoms with E-state index in [1.165, 1.54) is 0 Å². The Kier molecular flexibility index (Phi) is 8.12. The van der Waals surface area contributed by atoms with E-state index in [1.807, 2.05) is 57.2 Å². The lowest BCUT2D eigenvalue weighted by Crippen LogP contribution is -2.52. The van der Waals surface area contributed by atoms with Gasteiger partial charge < -0.3 is 10.2 Å². The van der Waals surface area contributed by atoms with E-state index >= 15 is 0 Å². The topological polar surface area (TPSA) is 49.4 Å². The summed E-state index contributed by atoms with van der Waals surface area (Å²) in [7, 11) is 0. The van der Waals surface area contributed by atoms with Crippen LogP contribution in [0.3, 0.4) is 0 Å². The van der Waals surface area contributed by atoms with Crippen LogP contribution in [0.2, 0.25) is 10.0 Å². The molecule has 2 aromatic carbocycles. The van der Waals surface area contributed by atoms with Gasteiger partial charge in [0.15, 0.2) is 0 Å². The van der Waals surface area contributed by atoms with Gasteiger partial charge >= 0.3 is 0 Å². The first-order valence-corrected chi connectivity index (χ1v) is 10.4. The third kappa shape index (κ3) is 7.37. The molecule has 0 aliphatic rings. The van der Waals surface area contributed by atoms with E-state index in [0.717, 1.165) is 11.1 Å². The molecule has 0 saturated heterocycles. The predicted octanol–water partition coefficient (Wildman–Crippen LogP) is 5.26. The van der Waals surface area contributed by atoms with Crippen LogP contribution in [0.1, 0.15) is 45.2 Å². The van der Waals surface area contributed by atoms with Gasteiger partial charge in [-0.05, 0) is 63.4 Å². The first-order valence-electron chi connectivity index (χ1n) is 9.66. The number of carbonyl (C=O) groups excluding carboxylic acids is 2. The predicted molar refractivity (Wildman–Crippen MR) is 119 cm³/mol. The molecule has 0 aromatic heterocycles. The molecular formula is C23H28Cl2N2O2. The van der Waals surface area contributed by atoms with E-state index < -0.39 is 6.04 Å². The van der Waals surface area contributed by atoms with Gasteiger partial charge in [0, 0.05) is 28.5 Å². The van der Waals surface area contributed by atoms with Gasteiger partial charge in [-0.25, -0.2) is 0 Å². The lowest BCUT2D eigenvalue weighted by atomic mass is 10.1. The standard InChI is InChI=1S/C23H28Cl2N2O2/c1-16(22(29)26-23(2,3)4)27(15-17-9-12-19(24)13-10-17)21(28)14-11-18-7-5-6-8-20(18)25/h5-10,12-13,16H,11,14-15H2,1-4H3,(H,26,29). The average molecular weight is 435 g/mol. The highest BCUT2D eigenvalue weighted by molar-refractivity contribution is 6.31. The number of nitrogens with one attached hydrogen (secondary N) is 1. The van der Waals surface area contributed by atoms with Gasteiger partial charge in [0.1, 0.15) is 6.04 Å². The van der Waals surface area contributed by atoms with E-state index in [9.17, 15) is 9.59 Å². The van der Waals surface area contributed by atoms with E-state index in [1.54, 1.807) is 24.0 Å². The van der Waals surface area contributed by atoms with Crippen LogP contribution < -0.4 is 5.32 Å². The number of aryl methyl sites for hydroxylation is 1. The first kappa shape index (κ1) is 23.2. The number of nitrogens with zero attached hydrogens (tertiary/aromatic N) is 1. The highest BCUT2D eigenvalue weighted by atomic mass is 35.5. The van der Waals surface area contributed by atoms with Crippen molar-refractivity contribution < 1.29 is 9.59 Å². The highest BCUT2D eigenvalue weighted by Gasteiger charge is 2.28. The molecule has 1 N–H and O–H groups in total. The smallest absolute Gasteiger partial charge is 0.242 e. The molecule has 6 heteroatoms.